The molecule has 0 aromatic rings. The van der Waals surface area contributed by atoms with Gasteiger partial charge in [-0.15, -0.1) is 0 Å². The van der Waals surface area contributed by atoms with Crippen molar-refractivity contribution in [2.75, 3.05) is 7.05 Å². The van der Waals surface area contributed by atoms with Crippen LogP contribution in [0.3, 0.4) is 0 Å². The maximum atomic E-state index is 10.9. The van der Waals surface area contributed by atoms with Gasteiger partial charge in [-0.3, -0.25) is 4.79 Å². The Morgan fingerprint density at radius 2 is 1.92 bits per heavy atom. The molecule has 0 saturated heterocycles. The molecule has 0 aliphatic carbocycles. The molecule has 1 amide bonds. The van der Waals surface area contributed by atoms with Crippen LogP contribution in [-0.4, -0.2) is 35.5 Å². The summed E-state index contributed by atoms with van der Waals surface area (Å²) in [7, 11) is 1.50. The van der Waals surface area contributed by atoms with Crippen molar-refractivity contribution in [1.29, 1.82) is 0 Å². The number of carbonyl (C=O) groups is 2. The van der Waals surface area contributed by atoms with Crippen LogP contribution < -0.4 is 0 Å². The monoisotopic (exact) mass is 187 g/mol. The second-order valence-electron chi connectivity index (χ2n) is 3.13. The third-order valence-corrected chi connectivity index (χ3v) is 2.35. The van der Waals surface area contributed by atoms with Crippen LogP contribution in [0.5, 0.6) is 0 Å². The van der Waals surface area contributed by atoms with Crippen molar-refractivity contribution in [3.05, 3.63) is 0 Å². The quantitative estimate of drug-likeness (QED) is 0.630. The molecule has 13 heavy (non-hydrogen) atoms. The van der Waals surface area contributed by atoms with E-state index in [1.807, 2.05) is 13.8 Å². The number of carboxylic acid groups (broad SMARTS) is 1. The molecule has 76 valence electrons. The highest BCUT2D eigenvalue weighted by Gasteiger charge is 2.28. The highest BCUT2D eigenvalue weighted by molar-refractivity contribution is 5.76. The Hall–Kier alpha value is -1.06. The highest BCUT2D eigenvalue weighted by Crippen LogP contribution is 2.16. The van der Waals surface area contributed by atoms with Gasteiger partial charge in [0.25, 0.3) is 0 Å². The molecule has 0 aliphatic heterocycles. The second kappa shape index (κ2) is 5.56. The number of carboxylic acids is 1. The molecule has 0 saturated carbocycles. The van der Waals surface area contributed by atoms with Crippen LogP contribution in [0.15, 0.2) is 0 Å². The van der Waals surface area contributed by atoms with E-state index in [9.17, 15) is 9.59 Å². The zero-order valence-corrected chi connectivity index (χ0v) is 8.36. The number of rotatable bonds is 6. The smallest absolute Gasteiger partial charge is 0.326 e. The molecule has 0 radical (unpaired) electrons. The summed E-state index contributed by atoms with van der Waals surface area (Å²) in [5.74, 6) is -0.893. The van der Waals surface area contributed by atoms with E-state index in [2.05, 4.69) is 0 Å². The number of likely N-dealkylation sites (N-methyl/N-ethyl adjacent to an activating group) is 1. The first-order chi connectivity index (χ1) is 6.08. The molecular weight excluding hydrogens is 170 g/mol. The number of carbonyl (C=O) groups excluding carboxylic acids is 1. The molecule has 4 heteroatoms. The minimum Gasteiger partial charge on any atom is -0.480 e. The van der Waals surface area contributed by atoms with Gasteiger partial charge < -0.3 is 10.0 Å². The van der Waals surface area contributed by atoms with Crippen molar-refractivity contribution in [2.45, 2.75) is 32.7 Å². The van der Waals surface area contributed by atoms with Crippen molar-refractivity contribution in [1.82, 2.24) is 4.90 Å². The normalized spacial score (nSPS) is 12.6. The van der Waals surface area contributed by atoms with Crippen molar-refractivity contribution < 1.29 is 14.7 Å². The predicted molar refractivity (Wildman–Crippen MR) is 49.3 cm³/mol. The summed E-state index contributed by atoms with van der Waals surface area (Å²) in [5, 5.41) is 8.91. The maximum absolute atomic E-state index is 10.9. The summed E-state index contributed by atoms with van der Waals surface area (Å²) >= 11 is 0. The summed E-state index contributed by atoms with van der Waals surface area (Å²) < 4.78 is 0. The molecule has 0 spiro atoms. The summed E-state index contributed by atoms with van der Waals surface area (Å²) in [6, 6.07) is -0.688. The van der Waals surface area contributed by atoms with Gasteiger partial charge in [0, 0.05) is 7.05 Å². The molecule has 0 rings (SSSR count). The zero-order chi connectivity index (χ0) is 10.4. The fourth-order valence-electron chi connectivity index (χ4n) is 1.51. The van der Waals surface area contributed by atoms with E-state index in [1.54, 1.807) is 0 Å². The summed E-state index contributed by atoms with van der Waals surface area (Å²) in [4.78, 5) is 22.5. The first kappa shape index (κ1) is 11.9. The Morgan fingerprint density at radius 3 is 2.15 bits per heavy atom. The minimum absolute atomic E-state index is 0.0349. The van der Waals surface area contributed by atoms with E-state index >= 15 is 0 Å². The van der Waals surface area contributed by atoms with Crippen molar-refractivity contribution in [3.63, 3.8) is 0 Å². The van der Waals surface area contributed by atoms with E-state index in [0.29, 0.717) is 6.41 Å². The van der Waals surface area contributed by atoms with Crippen LogP contribution in [0.1, 0.15) is 26.7 Å². The van der Waals surface area contributed by atoms with E-state index in [-0.39, 0.29) is 5.92 Å². The van der Waals surface area contributed by atoms with Gasteiger partial charge >= 0.3 is 5.97 Å². The lowest BCUT2D eigenvalue weighted by Gasteiger charge is -2.27. The van der Waals surface area contributed by atoms with Crippen LogP contribution in [0, 0.1) is 5.92 Å². The minimum atomic E-state index is -0.928. The molecule has 0 heterocycles. The first-order valence-electron chi connectivity index (χ1n) is 4.48. The SMILES string of the molecule is CCC(CC)C(C(=O)O)N(C)C=O. The van der Waals surface area contributed by atoms with E-state index < -0.39 is 12.0 Å². The van der Waals surface area contributed by atoms with E-state index in [4.69, 9.17) is 5.11 Å². The zero-order valence-electron chi connectivity index (χ0n) is 8.36. The van der Waals surface area contributed by atoms with Crippen LogP contribution in [0.2, 0.25) is 0 Å². The van der Waals surface area contributed by atoms with Gasteiger partial charge in [0.15, 0.2) is 0 Å². The Bertz CT molecular complexity index is 178. The van der Waals surface area contributed by atoms with Gasteiger partial charge in [0.1, 0.15) is 6.04 Å². The topological polar surface area (TPSA) is 57.6 Å². The standard InChI is InChI=1S/C9H17NO3/c1-4-7(5-2)8(9(12)13)10(3)6-11/h6-8H,4-5H2,1-3H3,(H,12,13). The van der Waals surface area contributed by atoms with E-state index in [1.165, 1.54) is 11.9 Å². The Kier molecular flexibility index (Phi) is 5.11. The summed E-state index contributed by atoms with van der Waals surface area (Å²) in [5.41, 5.74) is 0. The van der Waals surface area contributed by atoms with Gasteiger partial charge in [-0.25, -0.2) is 4.79 Å². The predicted octanol–water partition coefficient (Wildman–Crippen LogP) is 0.964. The lowest BCUT2D eigenvalue weighted by molar-refractivity contribution is -0.148. The average molecular weight is 187 g/mol. The summed E-state index contributed by atoms with van der Waals surface area (Å²) in [6.45, 7) is 3.87. The Balaban J connectivity index is 4.56. The molecule has 1 N–H and O–H groups in total. The number of hydrogen-bond acceptors (Lipinski definition) is 2. The van der Waals surface area contributed by atoms with Crippen LogP contribution in [0.4, 0.5) is 0 Å². The van der Waals surface area contributed by atoms with Gasteiger partial charge in [0.05, 0.1) is 0 Å². The third kappa shape index (κ3) is 3.05. The van der Waals surface area contributed by atoms with Gasteiger partial charge in [-0.05, 0) is 5.92 Å². The van der Waals surface area contributed by atoms with Crippen LogP contribution >= 0.6 is 0 Å². The third-order valence-electron chi connectivity index (χ3n) is 2.35. The van der Waals surface area contributed by atoms with Crippen molar-refractivity contribution in [3.8, 4) is 0 Å². The molecule has 0 fully saturated rings. The number of nitrogens with zero attached hydrogens (tertiary/aromatic N) is 1. The molecular formula is C9H17NO3. The maximum Gasteiger partial charge on any atom is 0.326 e. The highest BCUT2D eigenvalue weighted by atomic mass is 16.4. The molecule has 4 nitrogen and oxygen atoms in total. The number of aliphatic carboxylic acids is 1. The molecule has 0 aromatic carbocycles. The molecule has 0 bridgehead atoms. The largest absolute Gasteiger partial charge is 0.480 e. The Labute approximate surface area is 78.5 Å². The lowest BCUT2D eigenvalue weighted by Crippen LogP contribution is -2.43. The van der Waals surface area contributed by atoms with Gasteiger partial charge in [-0.1, -0.05) is 26.7 Å². The van der Waals surface area contributed by atoms with Crippen molar-refractivity contribution in [2.24, 2.45) is 5.92 Å². The fraction of sp³-hybridized carbons (Fsp3) is 0.778. The first-order valence-corrected chi connectivity index (χ1v) is 4.48. The van der Waals surface area contributed by atoms with Crippen LogP contribution in [-0.2, 0) is 9.59 Å². The molecule has 1 unspecified atom stereocenters. The van der Waals surface area contributed by atoms with Crippen LogP contribution in [0.25, 0.3) is 0 Å². The molecule has 0 aliphatic rings. The van der Waals surface area contributed by atoms with Crippen molar-refractivity contribution >= 4 is 12.4 Å². The van der Waals surface area contributed by atoms with Gasteiger partial charge in [0.2, 0.25) is 6.41 Å². The van der Waals surface area contributed by atoms with E-state index in [0.717, 1.165) is 12.8 Å². The lowest BCUT2D eigenvalue weighted by atomic mass is 9.93. The number of amides is 1. The fourth-order valence-corrected chi connectivity index (χ4v) is 1.51. The molecule has 0 aromatic heterocycles. The number of hydrogen-bond donors (Lipinski definition) is 1. The second-order valence-corrected chi connectivity index (χ2v) is 3.13. The Morgan fingerprint density at radius 1 is 1.46 bits per heavy atom. The molecule has 1 atom stereocenters. The van der Waals surface area contributed by atoms with Gasteiger partial charge in [-0.2, -0.15) is 0 Å². The summed E-state index contributed by atoms with van der Waals surface area (Å²) in [6.07, 6.45) is 2.11. The average Bonchev–Trinajstić information content (AvgIpc) is 2.12.